The number of hydrazine groups is 1. The van der Waals surface area contributed by atoms with Crippen molar-refractivity contribution in [1.82, 2.24) is 20.2 Å². The van der Waals surface area contributed by atoms with E-state index in [1.165, 1.54) is 25.7 Å². The molecule has 0 aliphatic heterocycles. The zero-order valence-electron chi connectivity index (χ0n) is 11.0. The van der Waals surface area contributed by atoms with E-state index in [1.54, 1.807) is 6.33 Å². The van der Waals surface area contributed by atoms with Crippen molar-refractivity contribution in [2.24, 2.45) is 5.84 Å². The van der Waals surface area contributed by atoms with Gasteiger partial charge in [-0.2, -0.15) is 5.10 Å². The van der Waals surface area contributed by atoms with Crippen LogP contribution < -0.4 is 11.3 Å². The fourth-order valence-corrected chi connectivity index (χ4v) is 1.99. The predicted molar refractivity (Wildman–Crippen MR) is 69.3 cm³/mol. The van der Waals surface area contributed by atoms with E-state index in [0.29, 0.717) is 6.04 Å². The van der Waals surface area contributed by atoms with Gasteiger partial charge in [0.25, 0.3) is 0 Å². The van der Waals surface area contributed by atoms with Gasteiger partial charge < -0.3 is 0 Å². The number of rotatable bonds is 9. The molecule has 1 rings (SSSR count). The molecule has 0 saturated heterocycles. The van der Waals surface area contributed by atoms with Gasteiger partial charge in [-0.25, -0.2) is 4.98 Å². The van der Waals surface area contributed by atoms with Crippen molar-refractivity contribution < 1.29 is 0 Å². The number of unbranched alkanes of at least 4 members (excludes halogenated alkanes) is 3. The maximum atomic E-state index is 5.59. The van der Waals surface area contributed by atoms with Gasteiger partial charge in [0, 0.05) is 19.0 Å². The van der Waals surface area contributed by atoms with Gasteiger partial charge in [-0.1, -0.05) is 32.6 Å². The van der Waals surface area contributed by atoms with E-state index in [2.05, 4.69) is 29.4 Å². The molecule has 0 fully saturated rings. The highest BCUT2D eigenvalue weighted by atomic mass is 15.3. The molecule has 0 saturated carbocycles. The van der Waals surface area contributed by atoms with Crippen molar-refractivity contribution in [3.63, 3.8) is 0 Å². The zero-order valence-corrected chi connectivity index (χ0v) is 11.0. The molecular formula is C12H25N5. The molecule has 5 heteroatoms. The highest BCUT2D eigenvalue weighted by Crippen LogP contribution is 2.08. The maximum Gasteiger partial charge on any atom is 0.138 e. The van der Waals surface area contributed by atoms with Gasteiger partial charge in [0.05, 0.1) is 0 Å². The minimum absolute atomic E-state index is 0.307. The van der Waals surface area contributed by atoms with Gasteiger partial charge in [0.1, 0.15) is 12.2 Å². The van der Waals surface area contributed by atoms with E-state index in [4.69, 9.17) is 5.84 Å². The van der Waals surface area contributed by atoms with Crippen LogP contribution in [0.1, 0.15) is 51.8 Å². The summed E-state index contributed by atoms with van der Waals surface area (Å²) in [6.07, 6.45) is 8.67. The molecule has 1 atom stereocenters. The van der Waals surface area contributed by atoms with Crippen molar-refractivity contribution >= 4 is 0 Å². The van der Waals surface area contributed by atoms with E-state index >= 15 is 0 Å². The molecule has 1 aromatic heterocycles. The summed E-state index contributed by atoms with van der Waals surface area (Å²) in [4.78, 5) is 4.28. The largest absolute Gasteiger partial charge is 0.271 e. The Labute approximate surface area is 104 Å². The quantitative estimate of drug-likeness (QED) is 0.390. The first-order chi connectivity index (χ1) is 8.31. The SMILES string of the molecule is CCCCCCC(Cc1ncnn1CC)NN. The molecule has 5 nitrogen and oxygen atoms in total. The summed E-state index contributed by atoms with van der Waals surface area (Å²) < 4.78 is 1.93. The van der Waals surface area contributed by atoms with Crippen molar-refractivity contribution in [1.29, 1.82) is 0 Å². The topological polar surface area (TPSA) is 68.8 Å². The lowest BCUT2D eigenvalue weighted by Crippen LogP contribution is -2.37. The molecule has 0 aromatic carbocycles. The van der Waals surface area contributed by atoms with Crippen LogP contribution in [0.15, 0.2) is 6.33 Å². The van der Waals surface area contributed by atoms with E-state index in [0.717, 1.165) is 25.2 Å². The Balaban J connectivity index is 2.35. The minimum atomic E-state index is 0.307. The molecular weight excluding hydrogens is 214 g/mol. The number of nitrogens with one attached hydrogen (secondary N) is 1. The lowest BCUT2D eigenvalue weighted by atomic mass is 10.0. The minimum Gasteiger partial charge on any atom is -0.271 e. The van der Waals surface area contributed by atoms with Crippen LogP contribution in [0.5, 0.6) is 0 Å². The Morgan fingerprint density at radius 1 is 1.35 bits per heavy atom. The van der Waals surface area contributed by atoms with Crippen LogP contribution in [0.3, 0.4) is 0 Å². The normalized spacial score (nSPS) is 12.9. The number of hydrogen-bond donors (Lipinski definition) is 2. The van der Waals surface area contributed by atoms with E-state index in [1.807, 2.05) is 4.68 Å². The Hall–Kier alpha value is -0.940. The Kier molecular flexibility index (Phi) is 6.81. The number of hydrogen-bond acceptors (Lipinski definition) is 4. The van der Waals surface area contributed by atoms with Crippen LogP contribution in [0.4, 0.5) is 0 Å². The third kappa shape index (κ3) is 4.83. The number of aromatic nitrogens is 3. The summed E-state index contributed by atoms with van der Waals surface area (Å²) in [5, 5.41) is 4.17. The molecule has 1 heterocycles. The fraction of sp³-hybridized carbons (Fsp3) is 0.833. The molecule has 3 N–H and O–H groups in total. The smallest absolute Gasteiger partial charge is 0.138 e. The van der Waals surface area contributed by atoms with E-state index in [9.17, 15) is 0 Å². The summed E-state index contributed by atoms with van der Waals surface area (Å²) in [6.45, 7) is 5.16. The molecule has 98 valence electrons. The molecule has 0 aliphatic carbocycles. The lowest BCUT2D eigenvalue weighted by molar-refractivity contribution is 0.444. The summed E-state index contributed by atoms with van der Waals surface area (Å²) in [6, 6.07) is 0.307. The van der Waals surface area contributed by atoms with Crippen LogP contribution in [0.25, 0.3) is 0 Å². The molecule has 1 aromatic rings. The standard InChI is InChI=1S/C12H25N5/c1-3-5-6-7-8-11(16-13)9-12-14-10-15-17(12)4-2/h10-11,16H,3-9,13H2,1-2H3. The van der Waals surface area contributed by atoms with E-state index in [-0.39, 0.29) is 0 Å². The summed E-state index contributed by atoms with van der Waals surface area (Å²) in [5.41, 5.74) is 2.89. The summed E-state index contributed by atoms with van der Waals surface area (Å²) >= 11 is 0. The highest BCUT2D eigenvalue weighted by molar-refractivity contribution is 4.89. The molecule has 1 unspecified atom stereocenters. The first-order valence-corrected chi connectivity index (χ1v) is 6.64. The van der Waals surface area contributed by atoms with Crippen LogP contribution in [0.2, 0.25) is 0 Å². The number of nitrogens with two attached hydrogens (primary N) is 1. The predicted octanol–water partition coefficient (Wildman–Crippen LogP) is 1.64. The van der Waals surface area contributed by atoms with Crippen molar-refractivity contribution in [3.05, 3.63) is 12.2 Å². The van der Waals surface area contributed by atoms with Crippen LogP contribution in [0, 0.1) is 0 Å². The van der Waals surface area contributed by atoms with E-state index < -0.39 is 0 Å². The second-order valence-corrected chi connectivity index (χ2v) is 4.41. The van der Waals surface area contributed by atoms with Crippen molar-refractivity contribution in [3.8, 4) is 0 Å². The third-order valence-electron chi connectivity index (χ3n) is 3.07. The molecule has 0 radical (unpaired) electrons. The Bertz CT molecular complexity index is 297. The maximum absolute atomic E-state index is 5.59. The highest BCUT2D eigenvalue weighted by Gasteiger charge is 2.11. The molecule has 0 bridgehead atoms. The Morgan fingerprint density at radius 3 is 2.82 bits per heavy atom. The van der Waals surface area contributed by atoms with Gasteiger partial charge in [-0.3, -0.25) is 16.0 Å². The van der Waals surface area contributed by atoms with Crippen LogP contribution in [-0.4, -0.2) is 20.8 Å². The second-order valence-electron chi connectivity index (χ2n) is 4.41. The fourth-order valence-electron chi connectivity index (χ4n) is 1.99. The van der Waals surface area contributed by atoms with Gasteiger partial charge in [-0.15, -0.1) is 0 Å². The number of nitrogens with zero attached hydrogens (tertiary/aromatic N) is 3. The molecule has 17 heavy (non-hydrogen) atoms. The number of aryl methyl sites for hydroxylation is 1. The monoisotopic (exact) mass is 239 g/mol. The first-order valence-electron chi connectivity index (χ1n) is 6.64. The molecule has 0 aliphatic rings. The van der Waals surface area contributed by atoms with Gasteiger partial charge >= 0.3 is 0 Å². The Morgan fingerprint density at radius 2 is 2.18 bits per heavy atom. The van der Waals surface area contributed by atoms with Gasteiger partial charge in [-0.05, 0) is 13.3 Å². The van der Waals surface area contributed by atoms with Crippen LogP contribution >= 0.6 is 0 Å². The third-order valence-corrected chi connectivity index (χ3v) is 3.07. The van der Waals surface area contributed by atoms with Gasteiger partial charge in [0.15, 0.2) is 0 Å². The summed E-state index contributed by atoms with van der Waals surface area (Å²) in [5.74, 6) is 6.61. The second kappa shape index (κ2) is 8.20. The van der Waals surface area contributed by atoms with Crippen molar-refractivity contribution in [2.75, 3.05) is 0 Å². The average molecular weight is 239 g/mol. The first kappa shape index (κ1) is 14.1. The van der Waals surface area contributed by atoms with Crippen molar-refractivity contribution in [2.45, 2.75) is 65.0 Å². The van der Waals surface area contributed by atoms with Crippen LogP contribution in [-0.2, 0) is 13.0 Å². The summed E-state index contributed by atoms with van der Waals surface area (Å²) in [7, 11) is 0. The zero-order chi connectivity index (χ0) is 12.5. The average Bonchev–Trinajstić information content (AvgIpc) is 2.80. The molecule has 0 spiro atoms. The molecule has 0 amide bonds. The lowest BCUT2D eigenvalue weighted by Gasteiger charge is -2.15. The van der Waals surface area contributed by atoms with Gasteiger partial charge in [0.2, 0.25) is 0 Å².